The van der Waals surface area contributed by atoms with Crippen LogP contribution in [0.1, 0.15) is 36.7 Å². The molecular formula is C23H22N4OS. The van der Waals surface area contributed by atoms with Crippen LogP contribution in [-0.4, -0.2) is 21.5 Å². The van der Waals surface area contributed by atoms with Gasteiger partial charge in [-0.3, -0.25) is 4.79 Å². The van der Waals surface area contributed by atoms with Crippen molar-refractivity contribution in [2.24, 2.45) is 5.92 Å². The molecule has 0 aliphatic carbocycles. The van der Waals surface area contributed by atoms with E-state index in [0.29, 0.717) is 33.7 Å². The third-order valence-corrected chi connectivity index (χ3v) is 5.42. The number of Topliss-reactive ketones (excluding diaryl/α,β-unsaturated/α-hetero) is 1. The molecule has 1 N–H and O–H groups in total. The Balaban J connectivity index is 2.04. The molecule has 0 bridgehead atoms. The Morgan fingerprint density at radius 1 is 1.10 bits per heavy atom. The van der Waals surface area contributed by atoms with Crippen molar-refractivity contribution in [1.29, 1.82) is 5.26 Å². The minimum Gasteiger partial charge on any atom is -0.339 e. The minimum atomic E-state index is 0.00929. The van der Waals surface area contributed by atoms with Crippen LogP contribution in [0.15, 0.2) is 59.8 Å². The summed E-state index contributed by atoms with van der Waals surface area (Å²) in [7, 11) is 0. The summed E-state index contributed by atoms with van der Waals surface area (Å²) in [5, 5.41) is 13.7. The van der Waals surface area contributed by atoms with E-state index in [1.165, 1.54) is 6.92 Å². The molecule has 146 valence electrons. The molecule has 1 aromatic heterocycles. The molecule has 0 amide bonds. The lowest BCUT2D eigenvalue weighted by atomic mass is 10.1. The molecule has 6 heteroatoms. The number of rotatable bonds is 7. The highest BCUT2D eigenvalue weighted by atomic mass is 32.2. The standard InChI is InChI=1S/C23H22N4OS/c1-15(2)14-29-23-26-21(18-7-5-4-6-8-18)20(13-24)22(27-23)25-19-11-9-17(10-12-19)16(3)28/h4-12,15H,14H2,1-3H3,(H,25,26,27). The molecule has 2 aromatic carbocycles. The van der Waals surface area contributed by atoms with Gasteiger partial charge in [0, 0.05) is 22.6 Å². The third-order valence-electron chi connectivity index (χ3n) is 4.15. The molecule has 0 aliphatic rings. The second kappa shape index (κ2) is 9.35. The fraction of sp³-hybridized carbons (Fsp3) is 0.217. The normalized spacial score (nSPS) is 10.6. The maximum Gasteiger partial charge on any atom is 0.190 e. The van der Waals surface area contributed by atoms with Crippen LogP contribution in [-0.2, 0) is 0 Å². The van der Waals surface area contributed by atoms with Crippen molar-refractivity contribution in [3.05, 3.63) is 65.7 Å². The predicted octanol–water partition coefficient (Wildman–Crippen LogP) is 5.71. The number of carbonyl (C=O) groups is 1. The third kappa shape index (κ3) is 5.21. The first-order valence-corrected chi connectivity index (χ1v) is 10.3. The summed E-state index contributed by atoms with van der Waals surface area (Å²) in [6, 6.07) is 19.0. The first-order valence-electron chi connectivity index (χ1n) is 9.36. The molecule has 5 nitrogen and oxygen atoms in total. The Kier molecular flexibility index (Phi) is 6.63. The number of aromatic nitrogens is 2. The number of nitrogens with one attached hydrogen (secondary N) is 1. The first-order chi connectivity index (χ1) is 14.0. The molecule has 1 heterocycles. The van der Waals surface area contributed by atoms with Crippen LogP contribution in [0.2, 0.25) is 0 Å². The van der Waals surface area contributed by atoms with Crippen molar-refractivity contribution in [1.82, 2.24) is 9.97 Å². The SMILES string of the molecule is CC(=O)c1ccc(Nc2nc(SCC(C)C)nc(-c3ccccc3)c2C#N)cc1. The molecule has 3 rings (SSSR count). The number of hydrogen-bond acceptors (Lipinski definition) is 6. The number of nitriles is 1. The fourth-order valence-corrected chi connectivity index (χ4v) is 3.47. The largest absolute Gasteiger partial charge is 0.339 e. The van der Waals surface area contributed by atoms with E-state index in [0.717, 1.165) is 17.0 Å². The van der Waals surface area contributed by atoms with Gasteiger partial charge in [-0.15, -0.1) is 0 Å². The van der Waals surface area contributed by atoms with Gasteiger partial charge in [0.2, 0.25) is 0 Å². The Bertz CT molecular complexity index is 1040. The highest BCUT2D eigenvalue weighted by Gasteiger charge is 2.17. The summed E-state index contributed by atoms with van der Waals surface area (Å²) in [6.45, 7) is 5.82. The van der Waals surface area contributed by atoms with Crippen LogP contribution in [0, 0.1) is 17.2 Å². The van der Waals surface area contributed by atoms with Crippen molar-refractivity contribution in [2.45, 2.75) is 25.9 Å². The molecule has 0 unspecified atom stereocenters. The number of ketones is 1. The van der Waals surface area contributed by atoms with Gasteiger partial charge in [-0.1, -0.05) is 55.9 Å². The summed E-state index contributed by atoms with van der Waals surface area (Å²) in [4.78, 5) is 20.8. The van der Waals surface area contributed by atoms with Gasteiger partial charge in [0.15, 0.2) is 16.8 Å². The van der Waals surface area contributed by atoms with E-state index >= 15 is 0 Å². The summed E-state index contributed by atoms with van der Waals surface area (Å²) < 4.78 is 0. The predicted molar refractivity (Wildman–Crippen MR) is 117 cm³/mol. The highest BCUT2D eigenvalue weighted by molar-refractivity contribution is 7.99. The average Bonchev–Trinajstić information content (AvgIpc) is 2.73. The number of thioether (sulfide) groups is 1. The van der Waals surface area contributed by atoms with Crippen molar-refractivity contribution in [3.8, 4) is 17.3 Å². The molecule has 0 radical (unpaired) electrons. The maximum absolute atomic E-state index is 11.5. The van der Waals surface area contributed by atoms with Gasteiger partial charge in [0.05, 0.1) is 5.69 Å². The van der Waals surface area contributed by atoms with Gasteiger partial charge in [-0.25, -0.2) is 9.97 Å². The minimum absolute atomic E-state index is 0.00929. The van der Waals surface area contributed by atoms with Gasteiger partial charge in [-0.05, 0) is 37.1 Å². The molecule has 0 spiro atoms. The summed E-state index contributed by atoms with van der Waals surface area (Å²) in [5.41, 5.74) is 3.26. The zero-order valence-corrected chi connectivity index (χ0v) is 17.5. The Morgan fingerprint density at radius 3 is 2.38 bits per heavy atom. The van der Waals surface area contributed by atoms with Crippen LogP contribution in [0.4, 0.5) is 11.5 Å². The van der Waals surface area contributed by atoms with Crippen LogP contribution in [0.25, 0.3) is 11.3 Å². The number of hydrogen-bond donors (Lipinski definition) is 1. The van der Waals surface area contributed by atoms with E-state index in [1.807, 2.05) is 42.5 Å². The quantitative estimate of drug-likeness (QED) is 0.310. The molecule has 0 aliphatic heterocycles. The number of anilines is 2. The molecular weight excluding hydrogens is 380 g/mol. The van der Waals surface area contributed by atoms with Gasteiger partial charge in [-0.2, -0.15) is 5.26 Å². The Hall–Kier alpha value is -3.17. The number of carbonyl (C=O) groups excluding carboxylic acids is 1. The topological polar surface area (TPSA) is 78.7 Å². The van der Waals surface area contributed by atoms with Gasteiger partial charge in [0.1, 0.15) is 11.6 Å². The van der Waals surface area contributed by atoms with Crippen LogP contribution >= 0.6 is 11.8 Å². The Morgan fingerprint density at radius 2 is 1.79 bits per heavy atom. The lowest BCUT2D eigenvalue weighted by Gasteiger charge is -2.13. The lowest BCUT2D eigenvalue weighted by molar-refractivity contribution is 0.101. The van der Waals surface area contributed by atoms with Gasteiger partial charge in [0.25, 0.3) is 0 Å². The van der Waals surface area contributed by atoms with Crippen molar-refractivity contribution >= 4 is 29.1 Å². The van der Waals surface area contributed by atoms with Crippen molar-refractivity contribution < 1.29 is 4.79 Å². The number of nitrogens with zero attached hydrogens (tertiary/aromatic N) is 3. The van der Waals surface area contributed by atoms with E-state index in [4.69, 9.17) is 0 Å². The second-order valence-electron chi connectivity index (χ2n) is 7.02. The van der Waals surface area contributed by atoms with Gasteiger partial charge < -0.3 is 5.32 Å². The zero-order chi connectivity index (χ0) is 20.8. The van der Waals surface area contributed by atoms with E-state index in [1.54, 1.807) is 23.9 Å². The van der Waals surface area contributed by atoms with E-state index in [-0.39, 0.29) is 5.78 Å². The van der Waals surface area contributed by atoms with E-state index < -0.39 is 0 Å². The molecule has 29 heavy (non-hydrogen) atoms. The maximum atomic E-state index is 11.5. The van der Waals surface area contributed by atoms with Crippen molar-refractivity contribution in [2.75, 3.05) is 11.1 Å². The highest BCUT2D eigenvalue weighted by Crippen LogP contribution is 2.31. The number of benzene rings is 2. The molecule has 0 atom stereocenters. The van der Waals surface area contributed by atoms with Crippen molar-refractivity contribution in [3.63, 3.8) is 0 Å². The average molecular weight is 403 g/mol. The molecule has 0 saturated carbocycles. The fourth-order valence-electron chi connectivity index (χ4n) is 2.67. The molecule has 0 saturated heterocycles. The molecule has 3 aromatic rings. The van der Waals surface area contributed by atoms with Crippen LogP contribution < -0.4 is 5.32 Å². The summed E-state index contributed by atoms with van der Waals surface area (Å²) in [6.07, 6.45) is 0. The van der Waals surface area contributed by atoms with E-state index in [2.05, 4.69) is 35.2 Å². The van der Waals surface area contributed by atoms with Crippen LogP contribution in [0.5, 0.6) is 0 Å². The van der Waals surface area contributed by atoms with Crippen LogP contribution in [0.3, 0.4) is 0 Å². The zero-order valence-electron chi connectivity index (χ0n) is 16.6. The second-order valence-corrected chi connectivity index (χ2v) is 8.01. The molecule has 0 fully saturated rings. The first kappa shape index (κ1) is 20.6. The lowest BCUT2D eigenvalue weighted by Crippen LogP contribution is -2.04. The summed E-state index contributed by atoms with van der Waals surface area (Å²) in [5.74, 6) is 1.85. The smallest absolute Gasteiger partial charge is 0.190 e. The monoisotopic (exact) mass is 402 g/mol. The Labute approximate surface area is 175 Å². The van der Waals surface area contributed by atoms with E-state index in [9.17, 15) is 10.1 Å². The van der Waals surface area contributed by atoms with Gasteiger partial charge >= 0.3 is 0 Å². The summed E-state index contributed by atoms with van der Waals surface area (Å²) >= 11 is 1.57.